The molecule has 0 saturated carbocycles. The molecule has 0 fully saturated rings. The van der Waals surface area contributed by atoms with Crippen molar-refractivity contribution < 1.29 is 19.1 Å². The molecular weight excluding hydrogens is 332 g/mol. The van der Waals surface area contributed by atoms with Crippen LogP contribution < -0.4 is 20.1 Å². The van der Waals surface area contributed by atoms with E-state index in [0.717, 1.165) is 5.56 Å². The molecule has 2 amide bonds. The molecule has 0 radical (unpaired) electrons. The van der Waals surface area contributed by atoms with E-state index in [9.17, 15) is 9.59 Å². The van der Waals surface area contributed by atoms with Crippen molar-refractivity contribution in [2.75, 3.05) is 19.8 Å². The Kier molecular flexibility index (Phi) is 7.49. The van der Waals surface area contributed by atoms with E-state index in [0.29, 0.717) is 36.8 Å². The zero-order valence-corrected chi connectivity index (χ0v) is 15.1. The third-order valence-corrected chi connectivity index (χ3v) is 3.55. The van der Waals surface area contributed by atoms with E-state index >= 15 is 0 Å². The second kappa shape index (κ2) is 10.1. The molecular formula is C20H24N2O4. The van der Waals surface area contributed by atoms with Crippen molar-refractivity contribution in [1.29, 1.82) is 0 Å². The molecule has 6 heteroatoms. The smallest absolute Gasteiger partial charge is 0.251 e. The molecule has 0 aliphatic carbocycles. The van der Waals surface area contributed by atoms with Crippen LogP contribution in [0.3, 0.4) is 0 Å². The van der Waals surface area contributed by atoms with Crippen molar-refractivity contribution in [1.82, 2.24) is 10.6 Å². The number of rotatable bonds is 9. The van der Waals surface area contributed by atoms with Gasteiger partial charge in [-0.3, -0.25) is 9.59 Å². The lowest BCUT2D eigenvalue weighted by atomic mass is 10.2. The summed E-state index contributed by atoms with van der Waals surface area (Å²) in [6.07, 6.45) is 0. The van der Waals surface area contributed by atoms with Gasteiger partial charge >= 0.3 is 0 Å². The predicted molar refractivity (Wildman–Crippen MR) is 99.4 cm³/mol. The molecule has 0 atom stereocenters. The molecule has 0 unspecified atom stereocenters. The first-order valence-electron chi connectivity index (χ1n) is 8.62. The highest BCUT2D eigenvalue weighted by Gasteiger charge is 2.12. The zero-order chi connectivity index (χ0) is 18.8. The fourth-order valence-electron chi connectivity index (χ4n) is 2.31. The molecule has 2 rings (SSSR count). The summed E-state index contributed by atoms with van der Waals surface area (Å²) in [5.41, 5.74) is 1.41. The number of benzene rings is 2. The summed E-state index contributed by atoms with van der Waals surface area (Å²) in [4.78, 5) is 24.2. The van der Waals surface area contributed by atoms with Gasteiger partial charge in [-0.15, -0.1) is 0 Å². The maximum Gasteiger partial charge on any atom is 0.251 e. The lowest BCUT2D eigenvalue weighted by molar-refractivity contribution is -0.120. The summed E-state index contributed by atoms with van der Waals surface area (Å²) >= 11 is 0. The highest BCUT2D eigenvalue weighted by atomic mass is 16.5. The molecule has 0 spiro atoms. The minimum Gasteiger partial charge on any atom is -0.490 e. The Bertz CT molecular complexity index is 732. The van der Waals surface area contributed by atoms with Crippen LogP contribution in [-0.2, 0) is 11.3 Å². The fourth-order valence-corrected chi connectivity index (χ4v) is 2.31. The van der Waals surface area contributed by atoms with Crippen LogP contribution in [0.1, 0.15) is 29.8 Å². The second-order valence-electron chi connectivity index (χ2n) is 5.47. The maximum atomic E-state index is 12.3. The van der Waals surface area contributed by atoms with Gasteiger partial charge in [0, 0.05) is 12.1 Å². The predicted octanol–water partition coefficient (Wildman–Crippen LogP) is 2.53. The van der Waals surface area contributed by atoms with E-state index in [4.69, 9.17) is 9.47 Å². The largest absolute Gasteiger partial charge is 0.490 e. The number of carbonyl (C=O) groups excluding carboxylic acids is 2. The molecule has 0 aromatic heterocycles. The van der Waals surface area contributed by atoms with E-state index in [1.54, 1.807) is 18.2 Å². The van der Waals surface area contributed by atoms with Gasteiger partial charge in [0.1, 0.15) is 0 Å². The molecule has 0 saturated heterocycles. The Balaban J connectivity index is 1.88. The summed E-state index contributed by atoms with van der Waals surface area (Å²) in [6, 6.07) is 14.5. The van der Waals surface area contributed by atoms with Gasteiger partial charge in [-0.05, 0) is 37.6 Å². The van der Waals surface area contributed by atoms with Crippen LogP contribution in [0.5, 0.6) is 11.5 Å². The van der Waals surface area contributed by atoms with E-state index in [2.05, 4.69) is 10.6 Å². The third-order valence-electron chi connectivity index (χ3n) is 3.55. The van der Waals surface area contributed by atoms with Crippen molar-refractivity contribution in [3.05, 3.63) is 59.7 Å². The number of hydrogen-bond acceptors (Lipinski definition) is 4. The minimum atomic E-state index is -0.344. The standard InChI is InChI=1S/C20H24N2O4/c1-3-25-17-11-10-16(12-18(17)26-4-2)20(24)22-14-19(23)21-13-15-8-6-5-7-9-15/h5-12H,3-4,13-14H2,1-2H3,(H,21,23)(H,22,24). The van der Waals surface area contributed by atoms with Crippen LogP contribution in [-0.4, -0.2) is 31.6 Å². The van der Waals surface area contributed by atoms with Crippen LogP contribution in [0.2, 0.25) is 0 Å². The molecule has 138 valence electrons. The van der Waals surface area contributed by atoms with Gasteiger partial charge in [0.25, 0.3) is 5.91 Å². The fraction of sp³-hybridized carbons (Fsp3) is 0.300. The topological polar surface area (TPSA) is 76.7 Å². The Morgan fingerprint density at radius 2 is 1.58 bits per heavy atom. The van der Waals surface area contributed by atoms with Crippen LogP contribution in [0.25, 0.3) is 0 Å². The first-order valence-corrected chi connectivity index (χ1v) is 8.62. The molecule has 2 N–H and O–H groups in total. The average Bonchev–Trinajstić information content (AvgIpc) is 2.67. The van der Waals surface area contributed by atoms with E-state index in [-0.39, 0.29) is 18.4 Å². The second-order valence-corrected chi connectivity index (χ2v) is 5.47. The van der Waals surface area contributed by atoms with Gasteiger partial charge in [0.2, 0.25) is 5.91 Å². The van der Waals surface area contributed by atoms with Crippen LogP contribution >= 0.6 is 0 Å². The summed E-state index contributed by atoms with van der Waals surface area (Å²) in [5, 5.41) is 5.37. The summed E-state index contributed by atoms with van der Waals surface area (Å²) < 4.78 is 11.0. The molecule has 2 aromatic rings. The molecule has 0 heterocycles. The molecule has 26 heavy (non-hydrogen) atoms. The van der Waals surface area contributed by atoms with Crippen LogP contribution in [0.15, 0.2) is 48.5 Å². The highest BCUT2D eigenvalue weighted by Crippen LogP contribution is 2.28. The number of ether oxygens (including phenoxy) is 2. The molecule has 6 nitrogen and oxygen atoms in total. The van der Waals surface area contributed by atoms with Crippen LogP contribution in [0, 0.1) is 0 Å². The van der Waals surface area contributed by atoms with Crippen molar-refractivity contribution in [2.24, 2.45) is 0 Å². The van der Waals surface area contributed by atoms with E-state index in [1.807, 2.05) is 44.2 Å². The number of hydrogen-bond donors (Lipinski definition) is 2. The van der Waals surface area contributed by atoms with Gasteiger partial charge in [-0.25, -0.2) is 0 Å². The lowest BCUT2D eigenvalue weighted by Crippen LogP contribution is -2.36. The summed E-state index contributed by atoms with van der Waals surface area (Å²) in [6.45, 7) is 5.04. The van der Waals surface area contributed by atoms with E-state index in [1.165, 1.54) is 0 Å². The highest BCUT2D eigenvalue weighted by molar-refractivity contribution is 5.97. The van der Waals surface area contributed by atoms with Gasteiger partial charge in [0.15, 0.2) is 11.5 Å². The molecule has 0 aliphatic heterocycles. The quantitative estimate of drug-likeness (QED) is 0.724. The van der Waals surface area contributed by atoms with Gasteiger partial charge in [-0.1, -0.05) is 30.3 Å². The number of nitrogens with one attached hydrogen (secondary N) is 2. The first kappa shape index (κ1) is 19.3. The monoisotopic (exact) mass is 356 g/mol. The minimum absolute atomic E-state index is 0.0944. The Labute approximate surface area is 153 Å². The Hall–Kier alpha value is -3.02. The van der Waals surface area contributed by atoms with Gasteiger partial charge in [0.05, 0.1) is 19.8 Å². The van der Waals surface area contributed by atoms with Gasteiger partial charge < -0.3 is 20.1 Å². The normalized spacial score (nSPS) is 10.1. The Morgan fingerprint density at radius 3 is 2.27 bits per heavy atom. The molecule has 2 aromatic carbocycles. The third kappa shape index (κ3) is 5.81. The summed E-state index contributed by atoms with van der Waals surface area (Å²) in [5.74, 6) is 0.504. The number of amides is 2. The maximum absolute atomic E-state index is 12.3. The molecule has 0 aliphatic rings. The zero-order valence-electron chi connectivity index (χ0n) is 15.1. The Morgan fingerprint density at radius 1 is 0.885 bits per heavy atom. The van der Waals surface area contributed by atoms with Crippen molar-refractivity contribution >= 4 is 11.8 Å². The van der Waals surface area contributed by atoms with Crippen molar-refractivity contribution in [2.45, 2.75) is 20.4 Å². The van der Waals surface area contributed by atoms with Crippen molar-refractivity contribution in [3.63, 3.8) is 0 Å². The van der Waals surface area contributed by atoms with Crippen molar-refractivity contribution in [3.8, 4) is 11.5 Å². The van der Waals surface area contributed by atoms with Crippen LogP contribution in [0.4, 0.5) is 0 Å². The molecule has 0 bridgehead atoms. The lowest BCUT2D eigenvalue weighted by Gasteiger charge is -2.12. The average molecular weight is 356 g/mol. The van der Waals surface area contributed by atoms with Gasteiger partial charge in [-0.2, -0.15) is 0 Å². The SMILES string of the molecule is CCOc1ccc(C(=O)NCC(=O)NCc2ccccc2)cc1OCC. The first-order chi connectivity index (χ1) is 12.6. The number of carbonyl (C=O) groups is 2. The summed E-state index contributed by atoms with van der Waals surface area (Å²) in [7, 11) is 0. The van der Waals surface area contributed by atoms with E-state index < -0.39 is 0 Å².